The molecule has 0 saturated heterocycles. The largest absolute Gasteiger partial charge is 0.320 e. The minimum Gasteiger partial charge on any atom is -0.320 e. The third-order valence-electron chi connectivity index (χ3n) is 4.60. The van der Waals surface area contributed by atoms with Crippen LogP contribution in [0.4, 0.5) is 10.1 Å². The Morgan fingerprint density at radius 1 is 1.03 bits per heavy atom. The van der Waals surface area contributed by atoms with Gasteiger partial charge in [0.15, 0.2) is 0 Å². The molecule has 0 saturated carbocycles. The molecule has 0 aliphatic rings. The van der Waals surface area contributed by atoms with Crippen molar-refractivity contribution in [3.05, 3.63) is 89.8 Å². The van der Waals surface area contributed by atoms with Crippen LogP contribution < -0.4 is 10.0 Å². The standard InChI is InChI=1S/C26H24FN3O3S/c1-26(2,3)30-34(32,33)24-10-5-4-9-21(24)20-12-13-23(22(27)16-20)29-25(31)14-11-18-7-6-8-19(15-18)17-28/h4-16,30H,1-3H3,(H,29,31). The van der Waals surface area contributed by atoms with Crippen molar-refractivity contribution in [2.24, 2.45) is 0 Å². The molecule has 0 aliphatic heterocycles. The summed E-state index contributed by atoms with van der Waals surface area (Å²) in [6, 6.07) is 19.2. The fourth-order valence-corrected chi connectivity index (χ4v) is 4.89. The molecule has 3 aromatic rings. The predicted molar refractivity (Wildman–Crippen MR) is 131 cm³/mol. The van der Waals surface area contributed by atoms with Crippen molar-refractivity contribution in [1.29, 1.82) is 5.26 Å². The van der Waals surface area contributed by atoms with Crippen molar-refractivity contribution < 1.29 is 17.6 Å². The number of hydrogen-bond acceptors (Lipinski definition) is 4. The van der Waals surface area contributed by atoms with E-state index in [0.29, 0.717) is 22.3 Å². The minimum atomic E-state index is -3.85. The summed E-state index contributed by atoms with van der Waals surface area (Å²) in [6.07, 6.45) is 2.76. The Hall–Kier alpha value is -3.80. The first-order chi connectivity index (χ1) is 16.0. The fourth-order valence-electron chi connectivity index (χ4n) is 3.24. The lowest BCUT2D eigenvalue weighted by molar-refractivity contribution is -0.111. The van der Waals surface area contributed by atoms with Crippen molar-refractivity contribution in [2.75, 3.05) is 5.32 Å². The van der Waals surface area contributed by atoms with Gasteiger partial charge in [0, 0.05) is 17.2 Å². The van der Waals surface area contributed by atoms with E-state index in [1.807, 2.05) is 6.07 Å². The fraction of sp³-hybridized carbons (Fsp3) is 0.154. The van der Waals surface area contributed by atoms with Crippen LogP contribution in [-0.4, -0.2) is 19.9 Å². The van der Waals surface area contributed by atoms with Gasteiger partial charge in [-0.2, -0.15) is 5.26 Å². The van der Waals surface area contributed by atoms with Gasteiger partial charge in [0.05, 0.1) is 22.2 Å². The lowest BCUT2D eigenvalue weighted by atomic mass is 10.0. The van der Waals surface area contributed by atoms with E-state index in [0.717, 1.165) is 0 Å². The summed E-state index contributed by atoms with van der Waals surface area (Å²) in [5.74, 6) is -1.26. The van der Waals surface area contributed by atoms with E-state index < -0.39 is 27.3 Å². The Labute approximate surface area is 198 Å². The van der Waals surface area contributed by atoms with Gasteiger partial charge in [-0.15, -0.1) is 0 Å². The van der Waals surface area contributed by atoms with Gasteiger partial charge in [0.2, 0.25) is 15.9 Å². The number of nitrogens with zero attached hydrogens (tertiary/aromatic N) is 1. The number of rotatable bonds is 6. The van der Waals surface area contributed by atoms with Crippen molar-refractivity contribution in [3.63, 3.8) is 0 Å². The highest BCUT2D eigenvalue weighted by molar-refractivity contribution is 7.89. The van der Waals surface area contributed by atoms with E-state index in [1.165, 1.54) is 30.4 Å². The molecular formula is C26H24FN3O3S. The van der Waals surface area contributed by atoms with Gasteiger partial charge in [0.1, 0.15) is 5.82 Å². The Kier molecular flexibility index (Phi) is 7.30. The van der Waals surface area contributed by atoms with Crippen molar-refractivity contribution in [2.45, 2.75) is 31.2 Å². The van der Waals surface area contributed by atoms with Crippen LogP contribution in [0.2, 0.25) is 0 Å². The number of nitrogens with one attached hydrogen (secondary N) is 2. The molecule has 0 radical (unpaired) electrons. The lowest BCUT2D eigenvalue weighted by Gasteiger charge is -2.21. The molecule has 3 aromatic carbocycles. The maximum absolute atomic E-state index is 14.8. The molecule has 0 bridgehead atoms. The molecule has 174 valence electrons. The zero-order valence-corrected chi connectivity index (χ0v) is 19.8. The topological polar surface area (TPSA) is 99.1 Å². The summed E-state index contributed by atoms with van der Waals surface area (Å²) in [5, 5.41) is 11.4. The van der Waals surface area contributed by atoms with E-state index in [4.69, 9.17) is 5.26 Å². The number of carbonyl (C=O) groups is 1. The van der Waals surface area contributed by atoms with Gasteiger partial charge in [0.25, 0.3) is 0 Å². The lowest BCUT2D eigenvalue weighted by Crippen LogP contribution is -2.40. The van der Waals surface area contributed by atoms with Gasteiger partial charge in [-0.25, -0.2) is 17.5 Å². The van der Waals surface area contributed by atoms with Crippen LogP contribution in [0.1, 0.15) is 31.9 Å². The third-order valence-corrected chi connectivity index (χ3v) is 6.41. The second kappa shape index (κ2) is 10.00. The first-order valence-corrected chi connectivity index (χ1v) is 11.9. The highest BCUT2D eigenvalue weighted by Crippen LogP contribution is 2.30. The second-order valence-corrected chi connectivity index (χ2v) is 10.3. The average Bonchev–Trinajstić information content (AvgIpc) is 2.77. The average molecular weight is 478 g/mol. The van der Waals surface area contributed by atoms with Crippen LogP contribution in [0, 0.1) is 17.1 Å². The Morgan fingerprint density at radius 3 is 2.44 bits per heavy atom. The molecule has 1 amide bonds. The first kappa shape index (κ1) is 24.8. The number of anilines is 1. The smallest absolute Gasteiger partial charge is 0.248 e. The van der Waals surface area contributed by atoms with E-state index in [1.54, 1.807) is 69.3 Å². The number of carbonyl (C=O) groups excluding carboxylic acids is 1. The summed E-state index contributed by atoms with van der Waals surface area (Å²) in [7, 11) is -3.85. The summed E-state index contributed by atoms with van der Waals surface area (Å²) < 4.78 is 43.2. The number of hydrogen-bond donors (Lipinski definition) is 2. The Bertz CT molecular complexity index is 1400. The Morgan fingerprint density at radius 2 is 1.76 bits per heavy atom. The van der Waals surface area contributed by atoms with Gasteiger partial charge in [-0.1, -0.05) is 36.4 Å². The van der Waals surface area contributed by atoms with Crippen molar-refractivity contribution >= 4 is 27.7 Å². The van der Waals surface area contributed by atoms with E-state index in [2.05, 4.69) is 10.0 Å². The van der Waals surface area contributed by atoms with Gasteiger partial charge in [-0.3, -0.25) is 4.79 Å². The van der Waals surface area contributed by atoms with E-state index >= 15 is 0 Å². The molecule has 3 rings (SSSR count). The van der Waals surface area contributed by atoms with Crippen molar-refractivity contribution in [3.8, 4) is 17.2 Å². The van der Waals surface area contributed by atoms with Gasteiger partial charge >= 0.3 is 0 Å². The SMILES string of the molecule is CC(C)(C)NS(=O)(=O)c1ccccc1-c1ccc(NC(=O)C=Cc2cccc(C#N)c2)c(F)c1. The minimum absolute atomic E-state index is 0.0312. The molecule has 0 heterocycles. The molecule has 8 heteroatoms. The van der Waals surface area contributed by atoms with Gasteiger partial charge in [-0.05, 0) is 68.3 Å². The third kappa shape index (κ3) is 6.38. The first-order valence-electron chi connectivity index (χ1n) is 10.4. The molecule has 0 fully saturated rings. The quantitative estimate of drug-likeness (QED) is 0.483. The molecule has 0 aromatic heterocycles. The van der Waals surface area contributed by atoms with Gasteiger partial charge < -0.3 is 5.32 Å². The molecule has 0 aliphatic carbocycles. The van der Waals surface area contributed by atoms with Crippen LogP contribution in [0.15, 0.2) is 77.7 Å². The number of halogens is 1. The van der Waals surface area contributed by atoms with Crippen molar-refractivity contribution in [1.82, 2.24) is 4.72 Å². The summed E-state index contributed by atoms with van der Waals surface area (Å²) in [6.45, 7) is 5.21. The summed E-state index contributed by atoms with van der Waals surface area (Å²) in [5.41, 5.74) is 1.09. The normalized spacial score (nSPS) is 11.9. The molecular weight excluding hydrogens is 453 g/mol. The zero-order chi connectivity index (χ0) is 24.9. The number of benzene rings is 3. The monoisotopic (exact) mass is 477 g/mol. The second-order valence-electron chi connectivity index (χ2n) is 8.61. The summed E-state index contributed by atoms with van der Waals surface area (Å²) in [4.78, 5) is 12.3. The van der Waals surface area contributed by atoms with Crippen LogP contribution in [0.3, 0.4) is 0 Å². The van der Waals surface area contributed by atoms with Crippen LogP contribution >= 0.6 is 0 Å². The number of amides is 1. The molecule has 2 N–H and O–H groups in total. The van der Waals surface area contributed by atoms with E-state index in [-0.39, 0.29) is 10.6 Å². The highest BCUT2D eigenvalue weighted by Gasteiger charge is 2.25. The molecule has 34 heavy (non-hydrogen) atoms. The Balaban J connectivity index is 1.83. The van der Waals surface area contributed by atoms with E-state index in [9.17, 15) is 17.6 Å². The predicted octanol–water partition coefficient (Wildman–Crippen LogP) is 5.09. The zero-order valence-electron chi connectivity index (χ0n) is 19.0. The number of sulfonamides is 1. The maximum atomic E-state index is 14.8. The molecule has 6 nitrogen and oxygen atoms in total. The van der Waals surface area contributed by atoms with Crippen LogP contribution in [0.25, 0.3) is 17.2 Å². The molecule has 0 atom stereocenters. The van der Waals surface area contributed by atoms with Crippen LogP contribution in [-0.2, 0) is 14.8 Å². The maximum Gasteiger partial charge on any atom is 0.248 e. The van der Waals surface area contributed by atoms with Crippen LogP contribution in [0.5, 0.6) is 0 Å². The number of nitriles is 1. The molecule has 0 spiro atoms. The highest BCUT2D eigenvalue weighted by atomic mass is 32.2. The molecule has 0 unspecified atom stereocenters. The summed E-state index contributed by atoms with van der Waals surface area (Å²) >= 11 is 0.